The van der Waals surface area contributed by atoms with Crippen LogP contribution in [0.1, 0.15) is 17.0 Å². The number of aromatic amines is 1. The molecule has 7 nitrogen and oxygen atoms in total. The van der Waals surface area contributed by atoms with Gasteiger partial charge in [-0.1, -0.05) is 30.3 Å². The maximum Gasteiger partial charge on any atom is 0.269 e. The number of aromatic nitrogens is 2. The van der Waals surface area contributed by atoms with Crippen LogP contribution in [0.2, 0.25) is 0 Å². The molecule has 0 aliphatic heterocycles. The number of H-pyrrole nitrogens is 1. The van der Waals surface area contributed by atoms with Gasteiger partial charge in [0.2, 0.25) is 0 Å². The average molecular weight is 396 g/mol. The number of benzene rings is 3. The number of nitrogens with one attached hydrogen (secondary N) is 1. The van der Waals surface area contributed by atoms with Crippen LogP contribution in [0.15, 0.2) is 72.8 Å². The zero-order valence-electron chi connectivity index (χ0n) is 15.8. The largest absolute Gasteiger partial charge is 0.488 e. The lowest BCUT2D eigenvalue weighted by Gasteiger charge is -2.09. The van der Waals surface area contributed by atoms with Crippen LogP contribution >= 0.6 is 0 Å². The van der Waals surface area contributed by atoms with Crippen molar-refractivity contribution in [1.82, 2.24) is 9.97 Å². The number of fused-ring (bicyclic) bond motifs is 1. The van der Waals surface area contributed by atoms with Gasteiger partial charge in [0, 0.05) is 17.7 Å². The van der Waals surface area contributed by atoms with E-state index in [0.717, 1.165) is 22.2 Å². The molecule has 0 amide bonds. The highest BCUT2D eigenvalue weighted by molar-refractivity contribution is 5.91. The topological polar surface area (TPSA) is 105 Å². The Hall–Kier alpha value is -4.44. The standard InChI is InChI=1S/C23H16N4O3/c24-14-18(23-25-20-6-2-3-7-21(20)26-23)13-17-5-1-4-8-22(17)30-15-16-9-11-19(12-10-16)27(28)29/h1-13H,15H2,(H,25,26)/b18-13-. The summed E-state index contributed by atoms with van der Waals surface area (Å²) >= 11 is 0. The first-order valence-corrected chi connectivity index (χ1v) is 9.16. The van der Waals surface area contributed by atoms with Crippen LogP contribution in [0.5, 0.6) is 5.75 Å². The maximum atomic E-state index is 10.8. The van der Waals surface area contributed by atoms with Crippen molar-refractivity contribution in [2.45, 2.75) is 6.61 Å². The number of rotatable bonds is 6. The molecule has 0 saturated heterocycles. The summed E-state index contributed by atoms with van der Waals surface area (Å²) in [5.41, 5.74) is 3.60. The number of nitro benzene ring substituents is 1. The molecule has 0 fully saturated rings. The number of non-ortho nitro benzene ring substituents is 1. The molecule has 0 aliphatic rings. The van der Waals surface area contributed by atoms with Gasteiger partial charge in [0.1, 0.15) is 24.3 Å². The van der Waals surface area contributed by atoms with E-state index in [-0.39, 0.29) is 12.3 Å². The summed E-state index contributed by atoms with van der Waals surface area (Å²) in [4.78, 5) is 18.0. The van der Waals surface area contributed by atoms with Gasteiger partial charge < -0.3 is 9.72 Å². The smallest absolute Gasteiger partial charge is 0.269 e. The third-order valence-corrected chi connectivity index (χ3v) is 4.53. The van der Waals surface area contributed by atoms with E-state index in [9.17, 15) is 15.4 Å². The Bertz CT molecular complexity index is 1250. The second-order valence-corrected chi connectivity index (χ2v) is 6.52. The summed E-state index contributed by atoms with van der Waals surface area (Å²) in [6.45, 7) is 0.245. The Labute approximate surface area is 172 Å². The van der Waals surface area contributed by atoms with Gasteiger partial charge in [-0.05, 0) is 42.0 Å². The number of para-hydroxylation sites is 3. The fourth-order valence-electron chi connectivity index (χ4n) is 3.00. The van der Waals surface area contributed by atoms with Crippen LogP contribution in [0.25, 0.3) is 22.7 Å². The Balaban J connectivity index is 1.58. The van der Waals surface area contributed by atoms with E-state index >= 15 is 0 Å². The Kier molecular flexibility index (Phi) is 5.22. The molecule has 0 radical (unpaired) electrons. The number of ether oxygens (including phenoxy) is 1. The highest BCUT2D eigenvalue weighted by Crippen LogP contribution is 2.25. The van der Waals surface area contributed by atoms with E-state index in [2.05, 4.69) is 16.0 Å². The number of hydrogen-bond acceptors (Lipinski definition) is 5. The van der Waals surface area contributed by atoms with Gasteiger partial charge >= 0.3 is 0 Å². The van der Waals surface area contributed by atoms with Crippen molar-refractivity contribution in [3.8, 4) is 11.8 Å². The summed E-state index contributed by atoms with van der Waals surface area (Å²) in [6.07, 6.45) is 1.73. The quantitative estimate of drug-likeness (QED) is 0.277. The number of nitrogens with zero attached hydrogens (tertiary/aromatic N) is 3. The second-order valence-electron chi connectivity index (χ2n) is 6.52. The summed E-state index contributed by atoms with van der Waals surface area (Å²) in [5, 5.41) is 20.4. The monoisotopic (exact) mass is 396 g/mol. The molecular weight excluding hydrogens is 380 g/mol. The molecule has 1 aromatic heterocycles. The summed E-state index contributed by atoms with van der Waals surface area (Å²) < 4.78 is 5.91. The lowest BCUT2D eigenvalue weighted by molar-refractivity contribution is -0.384. The number of imidazole rings is 1. The van der Waals surface area contributed by atoms with Crippen molar-refractivity contribution in [3.63, 3.8) is 0 Å². The van der Waals surface area contributed by atoms with Crippen LogP contribution < -0.4 is 4.74 Å². The van der Waals surface area contributed by atoms with Crippen molar-refractivity contribution in [1.29, 1.82) is 5.26 Å². The SMILES string of the molecule is N#C/C(=C/c1ccccc1OCc1ccc([N+](=O)[O-])cc1)c1nc2ccccc2[nH]1. The van der Waals surface area contributed by atoms with Gasteiger partial charge in [-0.15, -0.1) is 0 Å². The summed E-state index contributed by atoms with van der Waals surface area (Å²) in [7, 11) is 0. The van der Waals surface area contributed by atoms with Crippen molar-refractivity contribution in [2.75, 3.05) is 0 Å². The van der Waals surface area contributed by atoms with Gasteiger partial charge in [-0.3, -0.25) is 10.1 Å². The van der Waals surface area contributed by atoms with Gasteiger partial charge in [0.25, 0.3) is 5.69 Å². The minimum Gasteiger partial charge on any atom is -0.488 e. The molecule has 7 heteroatoms. The van der Waals surface area contributed by atoms with E-state index in [4.69, 9.17) is 4.74 Å². The first-order chi connectivity index (χ1) is 14.6. The maximum absolute atomic E-state index is 10.8. The van der Waals surface area contributed by atoms with Crippen molar-refractivity contribution in [3.05, 3.63) is 99.9 Å². The number of nitriles is 1. The highest BCUT2D eigenvalue weighted by atomic mass is 16.6. The van der Waals surface area contributed by atoms with Gasteiger partial charge in [-0.2, -0.15) is 5.26 Å². The Morgan fingerprint density at radius 3 is 2.57 bits per heavy atom. The van der Waals surface area contributed by atoms with Crippen molar-refractivity contribution >= 4 is 28.4 Å². The molecule has 3 aromatic carbocycles. The third kappa shape index (κ3) is 4.03. The highest BCUT2D eigenvalue weighted by Gasteiger charge is 2.10. The third-order valence-electron chi connectivity index (χ3n) is 4.53. The van der Waals surface area contributed by atoms with E-state index in [1.807, 2.05) is 48.5 Å². The molecule has 0 aliphatic carbocycles. The number of allylic oxidation sites excluding steroid dienone is 1. The molecule has 30 heavy (non-hydrogen) atoms. The van der Waals surface area contributed by atoms with E-state index < -0.39 is 4.92 Å². The zero-order valence-corrected chi connectivity index (χ0v) is 15.8. The minimum atomic E-state index is -0.438. The lowest BCUT2D eigenvalue weighted by atomic mass is 10.1. The van der Waals surface area contributed by atoms with Crippen LogP contribution in [0, 0.1) is 21.4 Å². The summed E-state index contributed by atoms with van der Waals surface area (Å²) in [6, 6.07) is 23.3. The van der Waals surface area contributed by atoms with Crippen molar-refractivity contribution in [2.24, 2.45) is 0 Å². The van der Waals surface area contributed by atoms with E-state index in [0.29, 0.717) is 17.1 Å². The number of nitro groups is 1. The van der Waals surface area contributed by atoms with Crippen LogP contribution in [0.4, 0.5) is 5.69 Å². The molecule has 1 N–H and O–H groups in total. The molecule has 4 rings (SSSR count). The van der Waals surface area contributed by atoms with Crippen molar-refractivity contribution < 1.29 is 9.66 Å². The van der Waals surface area contributed by atoms with Gasteiger partial charge in [-0.25, -0.2) is 4.98 Å². The van der Waals surface area contributed by atoms with E-state index in [1.165, 1.54) is 12.1 Å². The molecule has 0 atom stereocenters. The zero-order chi connectivity index (χ0) is 20.9. The fourth-order valence-corrected chi connectivity index (χ4v) is 3.00. The Morgan fingerprint density at radius 1 is 1.10 bits per heavy atom. The first-order valence-electron chi connectivity index (χ1n) is 9.16. The van der Waals surface area contributed by atoms with Gasteiger partial charge in [0.05, 0.1) is 21.5 Å². The molecule has 0 saturated carbocycles. The predicted molar refractivity (Wildman–Crippen MR) is 113 cm³/mol. The normalized spacial score (nSPS) is 11.2. The number of hydrogen-bond donors (Lipinski definition) is 1. The molecule has 4 aromatic rings. The molecule has 0 unspecified atom stereocenters. The minimum absolute atomic E-state index is 0.0339. The van der Waals surface area contributed by atoms with E-state index in [1.54, 1.807) is 18.2 Å². The molecule has 0 bridgehead atoms. The molecule has 146 valence electrons. The second kappa shape index (κ2) is 8.29. The van der Waals surface area contributed by atoms with Crippen LogP contribution in [-0.4, -0.2) is 14.9 Å². The first kappa shape index (κ1) is 18.9. The predicted octanol–water partition coefficient (Wildman–Crippen LogP) is 5.11. The van der Waals surface area contributed by atoms with Crippen LogP contribution in [-0.2, 0) is 6.61 Å². The molecular formula is C23H16N4O3. The van der Waals surface area contributed by atoms with Crippen LogP contribution in [0.3, 0.4) is 0 Å². The fraction of sp³-hybridized carbons (Fsp3) is 0.0435. The molecule has 1 heterocycles. The Morgan fingerprint density at radius 2 is 1.83 bits per heavy atom. The molecule has 0 spiro atoms. The lowest BCUT2D eigenvalue weighted by Crippen LogP contribution is -1.98. The van der Waals surface area contributed by atoms with Gasteiger partial charge in [0.15, 0.2) is 0 Å². The average Bonchev–Trinajstić information content (AvgIpc) is 3.21. The summed E-state index contributed by atoms with van der Waals surface area (Å²) in [5.74, 6) is 1.09.